The van der Waals surface area contributed by atoms with E-state index < -0.39 is 0 Å². The van der Waals surface area contributed by atoms with Crippen molar-refractivity contribution in [1.82, 2.24) is 10.2 Å². The van der Waals surface area contributed by atoms with E-state index in [0.717, 1.165) is 18.4 Å². The van der Waals surface area contributed by atoms with Gasteiger partial charge in [-0.05, 0) is 37.5 Å². The Hall–Kier alpha value is -0.570. The molecule has 0 aromatic rings. The standard InChI is InChI=1S/C14H24N2O/c17-13-9-15-14(12-7-3-4-8-12)16(13)10-11-5-1-2-6-11/h11-12,14-15H,1-10H2. The summed E-state index contributed by atoms with van der Waals surface area (Å²) >= 11 is 0. The molecule has 2 aliphatic carbocycles. The summed E-state index contributed by atoms with van der Waals surface area (Å²) in [7, 11) is 0. The molecule has 0 radical (unpaired) electrons. The first-order valence-corrected chi connectivity index (χ1v) is 7.37. The Morgan fingerprint density at radius 3 is 2.41 bits per heavy atom. The average Bonchev–Trinajstić information content (AvgIpc) is 3.03. The predicted octanol–water partition coefficient (Wildman–Crippen LogP) is 2.12. The number of nitrogens with zero attached hydrogens (tertiary/aromatic N) is 1. The molecule has 3 aliphatic rings. The van der Waals surface area contributed by atoms with Crippen molar-refractivity contribution in [2.75, 3.05) is 13.1 Å². The first-order valence-electron chi connectivity index (χ1n) is 7.37. The number of nitrogens with one attached hydrogen (secondary N) is 1. The van der Waals surface area contributed by atoms with Crippen LogP contribution in [0.15, 0.2) is 0 Å². The summed E-state index contributed by atoms with van der Waals surface area (Å²) in [6, 6.07) is 0. The van der Waals surface area contributed by atoms with Gasteiger partial charge in [0.05, 0.1) is 12.7 Å². The van der Waals surface area contributed by atoms with Crippen LogP contribution in [0.3, 0.4) is 0 Å². The fraction of sp³-hybridized carbons (Fsp3) is 0.929. The molecule has 3 rings (SSSR count). The highest BCUT2D eigenvalue weighted by Crippen LogP contribution is 2.33. The van der Waals surface area contributed by atoms with Gasteiger partial charge in [0, 0.05) is 6.54 Å². The van der Waals surface area contributed by atoms with E-state index in [2.05, 4.69) is 10.2 Å². The Kier molecular flexibility index (Phi) is 3.37. The summed E-state index contributed by atoms with van der Waals surface area (Å²) in [6.45, 7) is 1.60. The maximum Gasteiger partial charge on any atom is 0.237 e. The summed E-state index contributed by atoms with van der Waals surface area (Å²) in [4.78, 5) is 14.2. The van der Waals surface area contributed by atoms with Crippen molar-refractivity contribution < 1.29 is 4.79 Å². The van der Waals surface area contributed by atoms with E-state index >= 15 is 0 Å². The first-order chi connectivity index (χ1) is 8.34. The molecule has 0 aromatic carbocycles. The second-order valence-electron chi connectivity index (χ2n) is 6.07. The van der Waals surface area contributed by atoms with Crippen LogP contribution in [-0.2, 0) is 4.79 Å². The van der Waals surface area contributed by atoms with Crippen molar-refractivity contribution >= 4 is 5.91 Å². The predicted molar refractivity (Wildman–Crippen MR) is 67.4 cm³/mol. The normalized spacial score (nSPS) is 31.9. The molecule has 3 fully saturated rings. The zero-order valence-electron chi connectivity index (χ0n) is 10.7. The molecule has 3 heteroatoms. The molecule has 17 heavy (non-hydrogen) atoms. The summed E-state index contributed by atoms with van der Waals surface area (Å²) in [5, 5.41) is 3.45. The van der Waals surface area contributed by atoms with Crippen LogP contribution in [0, 0.1) is 11.8 Å². The van der Waals surface area contributed by atoms with Gasteiger partial charge in [-0.1, -0.05) is 25.7 Å². The molecule has 3 nitrogen and oxygen atoms in total. The summed E-state index contributed by atoms with van der Waals surface area (Å²) in [5.41, 5.74) is 0. The Morgan fingerprint density at radius 2 is 1.71 bits per heavy atom. The molecule has 1 aliphatic heterocycles. The first kappa shape index (κ1) is 11.5. The van der Waals surface area contributed by atoms with Crippen molar-refractivity contribution in [2.45, 2.75) is 57.5 Å². The van der Waals surface area contributed by atoms with Gasteiger partial charge in [-0.2, -0.15) is 0 Å². The molecule has 1 unspecified atom stereocenters. The highest BCUT2D eigenvalue weighted by molar-refractivity contribution is 5.80. The Labute approximate surface area is 104 Å². The molecule has 0 bridgehead atoms. The van der Waals surface area contributed by atoms with Gasteiger partial charge in [0.1, 0.15) is 0 Å². The molecule has 1 saturated heterocycles. The van der Waals surface area contributed by atoms with Crippen molar-refractivity contribution in [3.63, 3.8) is 0 Å². The second-order valence-corrected chi connectivity index (χ2v) is 6.07. The van der Waals surface area contributed by atoms with Crippen LogP contribution in [-0.4, -0.2) is 30.1 Å². The van der Waals surface area contributed by atoms with E-state index in [-0.39, 0.29) is 0 Å². The van der Waals surface area contributed by atoms with E-state index in [1.165, 1.54) is 51.4 Å². The zero-order chi connectivity index (χ0) is 11.7. The van der Waals surface area contributed by atoms with Crippen molar-refractivity contribution in [3.05, 3.63) is 0 Å². The Bertz CT molecular complexity index is 280. The minimum Gasteiger partial charge on any atom is -0.325 e. The van der Waals surface area contributed by atoms with Crippen LogP contribution in [0.5, 0.6) is 0 Å². The number of hydrogen-bond donors (Lipinski definition) is 1. The van der Waals surface area contributed by atoms with Gasteiger partial charge in [0.2, 0.25) is 5.91 Å². The van der Waals surface area contributed by atoms with Crippen LogP contribution in [0.25, 0.3) is 0 Å². The van der Waals surface area contributed by atoms with E-state index in [1.807, 2.05) is 0 Å². The molecule has 2 saturated carbocycles. The molecule has 1 heterocycles. The van der Waals surface area contributed by atoms with Crippen LogP contribution in [0.4, 0.5) is 0 Å². The maximum absolute atomic E-state index is 12.0. The minimum atomic E-state index is 0.341. The van der Waals surface area contributed by atoms with Gasteiger partial charge < -0.3 is 4.90 Å². The molecule has 1 atom stereocenters. The van der Waals surface area contributed by atoms with Crippen LogP contribution in [0.1, 0.15) is 51.4 Å². The van der Waals surface area contributed by atoms with Gasteiger partial charge in [-0.3, -0.25) is 10.1 Å². The number of carbonyl (C=O) groups is 1. The molecule has 1 amide bonds. The lowest BCUT2D eigenvalue weighted by molar-refractivity contribution is -0.129. The topological polar surface area (TPSA) is 32.3 Å². The SMILES string of the molecule is O=C1CNC(C2CCCC2)N1CC1CCCC1. The number of carbonyl (C=O) groups excluding carboxylic acids is 1. The summed E-state index contributed by atoms with van der Waals surface area (Å²) in [6.07, 6.45) is 11.1. The van der Waals surface area contributed by atoms with E-state index in [1.54, 1.807) is 0 Å². The van der Waals surface area contributed by atoms with Crippen LogP contribution < -0.4 is 5.32 Å². The molecular weight excluding hydrogens is 212 g/mol. The van der Waals surface area contributed by atoms with Gasteiger partial charge in [-0.25, -0.2) is 0 Å². The van der Waals surface area contributed by atoms with E-state index in [4.69, 9.17) is 0 Å². The maximum atomic E-state index is 12.0. The Morgan fingerprint density at radius 1 is 1.06 bits per heavy atom. The van der Waals surface area contributed by atoms with Gasteiger partial charge >= 0.3 is 0 Å². The fourth-order valence-electron chi connectivity index (χ4n) is 3.94. The largest absolute Gasteiger partial charge is 0.325 e. The molecular formula is C14H24N2O. The van der Waals surface area contributed by atoms with Crippen molar-refractivity contribution in [3.8, 4) is 0 Å². The highest BCUT2D eigenvalue weighted by Gasteiger charge is 2.38. The van der Waals surface area contributed by atoms with Crippen LogP contribution in [0.2, 0.25) is 0 Å². The minimum absolute atomic E-state index is 0.341. The zero-order valence-corrected chi connectivity index (χ0v) is 10.7. The number of hydrogen-bond acceptors (Lipinski definition) is 2. The number of amides is 1. The van der Waals surface area contributed by atoms with Gasteiger partial charge in [0.15, 0.2) is 0 Å². The third-order valence-corrected chi connectivity index (χ3v) is 4.89. The Balaban J connectivity index is 1.63. The smallest absolute Gasteiger partial charge is 0.237 e. The highest BCUT2D eigenvalue weighted by atomic mass is 16.2. The van der Waals surface area contributed by atoms with Crippen molar-refractivity contribution in [2.24, 2.45) is 11.8 Å². The molecule has 0 aromatic heterocycles. The second kappa shape index (κ2) is 4.97. The molecule has 1 N–H and O–H groups in total. The summed E-state index contributed by atoms with van der Waals surface area (Å²) < 4.78 is 0. The lowest BCUT2D eigenvalue weighted by atomic mass is 10.0. The van der Waals surface area contributed by atoms with Gasteiger partial charge in [-0.15, -0.1) is 0 Å². The van der Waals surface area contributed by atoms with E-state index in [0.29, 0.717) is 18.6 Å². The third kappa shape index (κ3) is 2.35. The van der Waals surface area contributed by atoms with Crippen molar-refractivity contribution in [1.29, 1.82) is 0 Å². The lowest BCUT2D eigenvalue weighted by Crippen LogP contribution is -2.44. The van der Waals surface area contributed by atoms with E-state index in [9.17, 15) is 4.79 Å². The summed E-state index contributed by atoms with van der Waals surface area (Å²) in [5.74, 6) is 1.85. The number of rotatable bonds is 3. The molecule has 96 valence electrons. The quantitative estimate of drug-likeness (QED) is 0.814. The lowest BCUT2D eigenvalue weighted by Gasteiger charge is -2.31. The monoisotopic (exact) mass is 236 g/mol. The van der Waals surface area contributed by atoms with Gasteiger partial charge in [0.25, 0.3) is 0 Å². The van der Waals surface area contributed by atoms with Crippen LogP contribution >= 0.6 is 0 Å². The average molecular weight is 236 g/mol. The fourth-order valence-corrected chi connectivity index (χ4v) is 3.94. The molecule has 0 spiro atoms. The third-order valence-electron chi connectivity index (χ3n) is 4.89.